The highest BCUT2D eigenvalue weighted by Crippen LogP contribution is 2.31. The van der Waals surface area contributed by atoms with E-state index in [4.69, 9.17) is 17.0 Å². The molecule has 32 heavy (non-hydrogen) atoms. The van der Waals surface area contributed by atoms with Crippen LogP contribution in [0.3, 0.4) is 0 Å². The first-order valence-corrected chi connectivity index (χ1v) is 11.4. The smallest absolute Gasteiger partial charge is 0.118 e. The van der Waals surface area contributed by atoms with Gasteiger partial charge in [0.05, 0.1) is 7.11 Å². The fourth-order valence-electron chi connectivity index (χ4n) is 4.04. The van der Waals surface area contributed by atoms with E-state index in [0.29, 0.717) is 6.54 Å². The van der Waals surface area contributed by atoms with Gasteiger partial charge in [0.25, 0.3) is 0 Å². The van der Waals surface area contributed by atoms with E-state index in [1.165, 1.54) is 22.1 Å². The number of hydrogen-bond acceptors (Lipinski definition) is 2. The second-order valence-corrected chi connectivity index (χ2v) is 9.56. The molecule has 0 spiro atoms. The number of methoxy groups -OCH3 is 1. The molecule has 1 aromatic heterocycles. The largest absolute Gasteiger partial charge is 0.497 e. The molecule has 0 radical (unpaired) electrons. The molecule has 1 unspecified atom stereocenters. The molecule has 4 aromatic rings. The van der Waals surface area contributed by atoms with Gasteiger partial charge in [0, 0.05) is 35.1 Å². The van der Waals surface area contributed by atoms with Crippen LogP contribution in [-0.4, -0.2) is 23.6 Å². The minimum atomic E-state index is 0.127. The number of H-pyrrole nitrogens is 1. The van der Waals surface area contributed by atoms with Crippen LogP contribution in [0.2, 0.25) is 0 Å². The Kier molecular flexibility index (Phi) is 6.33. The number of para-hydroxylation sites is 1. The van der Waals surface area contributed by atoms with Crippen LogP contribution in [0.5, 0.6) is 5.75 Å². The first-order valence-electron chi connectivity index (χ1n) is 11.0. The van der Waals surface area contributed by atoms with E-state index in [1.807, 2.05) is 12.1 Å². The van der Waals surface area contributed by atoms with E-state index in [0.717, 1.165) is 21.8 Å². The van der Waals surface area contributed by atoms with Crippen molar-refractivity contribution in [2.75, 3.05) is 13.7 Å². The lowest BCUT2D eigenvalue weighted by atomic mass is 9.86. The average Bonchev–Trinajstić information content (AvgIpc) is 3.23. The number of rotatable bonds is 6. The number of thiocarbonyl (C=S) groups is 1. The zero-order valence-electron chi connectivity index (χ0n) is 19.1. The Morgan fingerprint density at radius 3 is 2.31 bits per heavy atom. The Morgan fingerprint density at radius 1 is 0.969 bits per heavy atom. The summed E-state index contributed by atoms with van der Waals surface area (Å²) in [4.78, 5) is 4.18. The molecule has 164 valence electrons. The molecule has 0 aliphatic heterocycles. The van der Waals surface area contributed by atoms with Gasteiger partial charge in [-0.2, -0.15) is 0 Å². The molecule has 0 aliphatic carbocycles. The number of nitrogens with one attached hydrogen (secondary N) is 2. The lowest BCUT2D eigenvalue weighted by Crippen LogP contribution is -2.28. The molecule has 0 amide bonds. The van der Waals surface area contributed by atoms with E-state index in [2.05, 4.69) is 97.9 Å². The highest BCUT2D eigenvalue weighted by Gasteiger charge is 2.19. The molecule has 0 fully saturated rings. The standard InChI is InChI=1S/C28H30N2OS/c1-28(2,3)21-13-9-20(10-14-21)27(32)30-17-24(19-11-15-22(31-4)16-12-19)25-18-29-26-8-6-5-7-23(25)26/h5-16,18,24,29H,17H2,1-4H3,(H,30,32). The Hall–Kier alpha value is -3.11. The monoisotopic (exact) mass is 442 g/mol. The molecule has 4 rings (SSSR count). The number of benzene rings is 3. The van der Waals surface area contributed by atoms with Crippen molar-refractivity contribution in [2.45, 2.75) is 32.1 Å². The van der Waals surface area contributed by atoms with Crippen LogP contribution in [0, 0.1) is 0 Å². The number of fused-ring (bicyclic) bond motifs is 1. The van der Waals surface area contributed by atoms with Gasteiger partial charge in [0.1, 0.15) is 10.7 Å². The number of ether oxygens (including phenoxy) is 1. The molecule has 4 heteroatoms. The highest BCUT2D eigenvalue weighted by molar-refractivity contribution is 7.80. The molecule has 2 N–H and O–H groups in total. The van der Waals surface area contributed by atoms with Crippen LogP contribution in [-0.2, 0) is 5.41 Å². The molecule has 0 saturated carbocycles. The average molecular weight is 443 g/mol. The van der Waals surface area contributed by atoms with E-state index in [9.17, 15) is 0 Å². The number of aromatic nitrogens is 1. The Morgan fingerprint density at radius 2 is 1.66 bits per heavy atom. The fraction of sp³-hybridized carbons (Fsp3) is 0.250. The van der Waals surface area contributed by atoms with Gasteiger partial charge < -0.3 is 15.0 Å². The van der Waals surface area contributed by atoms with Gasteiger partial charge in [0.15, 0.2) is 0 Å². The SMILES string of the molecule is COc1ccc(C(CNC(=S)c2ccc(C(C)(C)C)cc2)c2c[nH]c3ccccc23)cc1. The van der Waals surface area contributed by atoms with E-state index in [1.54, 1.807) is 7.11 Å². The number of hydrogen-bond donors (Lipinski definition) is 2. The first kappa shape index (κ1) is 22.1. The maximum Gasteiger partial charge on any atom is 0.118 e. The third kappa shape index (κ3) is 4.71. The predicted molar refractivity (Wildman–Crippen MR) is 138 cm³/mol. The van der Waals surface area contributed by atoms with Crippen LogP contribution in [0.1, 0.15) is 48.9 Å². The summed E-state index contributed by atoms with van der Waals surface area (Å²) in [6.07, 6.45) is 2.11. The second kappa shape index (κ2) is 9.17. The van der Waals surface area contributed by atoms with Crippen molar-refractivity contribution in [3.8, 4) is 5.75 Å². The minimum absolute atomic E-state index is 0.127. The van der Waals surface area contributed by atoms with Crippen molar-refractivity contribution < 1.29 is 4.74 Å². The van der Waals surface area contributed by atoms with E-state index < -0.39 is 0 Å². The topological polar surface area (TPSA) is 37.0 Å². The Balaban J connectivity index is 1.60. The maximum absolute atomic E-state index is 5.75. The molecule has 0 aliphatic rings. The normalized spacial score (nSPS) is 12.5. The van der Waals surface area contributed by atoms with E-state index >= 15 is 0 Å². The summed E-state index contributed by atoms with van der Waals surface area (Å²) in [7, 11) is 1.69. The van der Waals surface area contributed by atoms with Crippen LogP contribution in [0.15, 0.2) is 79.0 Å². The lowest BCUT2D eigenvalue weighted by molar-refractivity contribution is 0.414. The summed E-state index contributed by atoms with van der Waals surface area (Å²) < 4.78 is 5.36. The predicted octanol–water partition coefficient (Wildman–Crippen LogP) is 6.57. The Labute approximate surface area is 195 Å². The minimum Gasteiger partial charge on any atom is -0.497 e. The molecule has 3 aromatic carbocycles. The van der Waals surface area contributed by atoms with Crippen molar-refractivity contribution in [2.24, 2.45) is 0 Å². The van der Waals surface area contributed by atoms with Gasteiger partial charge in [-0.15, -0.1) is 0 Å². The van der Waals surface area contributed by atoms with Crippen molar-refractivity contribution in [3.05, 3.63) is 101 Å². The molecule has 1 atom stereocenters. The summed E-state index contributed by atoms with van der Waals surface area (Å²) in [5, 5.41) is 4.76. The number of aromatic amines is 1. The quantitative estimate of drug-likeness (QED) is 0.332. The van der Waals surface area contributed by atoms with Crippen LogP contribution in [0.25, 0.3) is 10.9 Å². The molecule has 0 saturated heterocycles. The summed E-state index contributed by atoms with van der Waals surface area (Å²) in [6, 6.07) is 25.3. The van der Waals surface area contributed by atoms with Gasteiger partial charge in [-0.25, -0.2) is 0 Å². The molecular weight excluding hydrogens is 412 g/mol. The van der Waals surface area contributed by atoms with Crippen molar-refractivity contribution >= 4 is 28.1 Å². The van der Waals surface area contributed by atoms with Gasteiger partial charge in [-0.05, 0) is 40.3 Å². The lowest BCUT2D eigenvalue weighted by Gasteiger charge is -2.21. The van der Waals surface area contributed by atoms with Crippen LogP contribution < -0.4 is 10.1 Å². The summed E-state index contributed by atoms with van der Waals surface area (Å²) in [5.74, 6) is 0.998. The first-order chi connectivity index (χ1) is 15.4. The third-order valence-electron chi connectivity index (χ3n) is 5.99. The Bertz CT molecular complexity index is 1200. The maximum atomic E-state index is 5.75. The van der Waals surface area contributed by atoms with Crippen molar-refractivity contribution in [3.63, 3.8) is 0 Å². The summed E-state index contributed by atoms with van der Waals surface area (Å²) >= 11 is 5.75. The zero-order chi connectivity index (χ0) is 22.7. The summed E-state index contributed by atoms with van der Waals surface area (Å²) in [6.45, 7) is 7.37. The summed E-state index contributed by atoms with van der Waals surface area (Å²) in [5.41, 5.74) is 6.08. The van der Waals surface area contributed by atoms with Crippen LogP contribution in [0.4, 0.5) is 0 Å². The van der Waals surface area contributed by atoms with Gasteiger partial charge >= 0.3 is 0 Å². The highest BCUT2D eigenvalue weighted by atomic mass is 32.1. The molecule has 1 heterocycles. The van der Waals surface area contributed by atoms with Crippen LogP contribution >= 0.6 is 12.2 Å². The van der Waals surface area contributed by atoms with Gasteiger partial charge in [-0.1, -0.05) is 87.6 Å². The third-order valence-corrected chi connectivity index (χ3v) is 6.37. The van der Waals surface area contributed by atoms with E-state index in [-0.39, 0.29) is 11.3 Å². The zero-order valence-corrected chi connectivity index (χ0v) is 19.9. The van der Waals surface area contributed by atoms with Gasteiger partial charge in [-0.3, -0.25) is 0 Å². The second-order valence-electron chi connectivity index (χ2n) is 9.15. The fourth-order valence-corrected chi connectivity index (χ4v) is 4.26. The molecule has 3 nitrogen and oxygen atoms in total. The van der Waals surface area contributed by atoms with Crippen molar-refractivity contribution in [1.29, 1.82) is 0 Å². The van der Waals surface area contributed by atoms with Crippen molar-refractivity contribution in [1.82, 2.24) is 10.3 Å². The molecular formula is C28H30N2OS. The van der Waals surface area contributed by atoms with Gasteiger partial charge in [0.2, 0.25) is 0 Å². The molecule has 0 bridgehead atoms.